The first kappa shape index (κ1) is 34.1. The van der Waals surface area contributed by atoms with Gasteiger partial charge in [0.25, 0.3) is 0 Å². The average Bonchev–Trinajstić information content (AvgIpc) is 3.34. The van der Waals surface area contributed by atoms with Crippen LogP contribution >= 0.6 is 0 Å². The van der Waals surface area contributed by atoms with Gasteiger partial charge < -0.3 is 50.0 Å². The highest BCUT2D eigenvalue weighted by Gasteiger charge is 2.84. The summed E-state index contributed by atoms with van der Waals surface area (Å²) in [4.78, 5) is 0. The van der Waals surface area contributed by atoms with Crippen molar-refractivity contribution in [1.82, 2.24) is 0 Å². The quantitative estimate of drug-likeness (QED) is 0.211. The Balaban J connectivity index is 1.14. The summed E-state index contributed by atoms with van der Waals surface area (Å²) >= 11 is 0. The van der Waals surface area contributed by atoms with E-state index in [1.165, 1.54) is 0 Å². The van der Waals surface area contributed by atoms with Crippen molar-refractivity contribution in [3.05, 3.63) is 0 Å². The number of hydrogen-bond donors (Lipinski definition) is 7. The van der Waals surface area contributed by atoms with Gasteiger partial charge in [0.2, 0.25) is 0 Å². The van der Waals surface area contributed by atoms with E-state index in [1.807, 2.05) is 0 Å². The van der Waals surface area contributed by atoms with E-state index in [2.05, 4.69) is 27.7 Å². The van der Waals surface area contributed by atoms with Crippen molar-refractivity contribution in [3.63, 3.8) is 0 Å². The molecule has 7 fully saturated rings. The number of aliphatic hydroxyl groups excluding tert-OH is 6. The average molecular weight is 653 g/mol. The minimum atomic E-state index is -1.46. The lowest BCUT2D eigenvalue weighted by Crippen LogP contribution is -2.62. The minimum Gasteiger partial charge on any atom is -0.396 e. The second-order valence-corrected chi connectivity index (χ2v) is 18.4. The third-order valence-corrected chi connectivity index (χ3v) is 15.9. The molecule has 2 heterocycles. The molecule has 10 nitrogen and oxygen atoms in total. The fourth-order valence-electron chi connectivity index (χ4n) is 13.7. The van der Waals surface area contributed by atoms with Crippen LogP contribution in [0.2, 0.25) is 0 Å². The minimum absolute atomic E-state index is 0.0286. The molecule has 0 aromatic heterocycles. The summed E-state index contributed by atoms with van der Waals surface area (Å²) in [5, 5.41) is 75.1. The molecule has 0 radical (unpaired) electrons. The number of rotatable bonds is 6. The van der Waals surface area contributed by atoms with E-state index in [9.17, 15) is 35.7 Å². The van der Waals surface area contributed by atoms with Gasteiger partial charge in [0, 0.05) is 17.9 Å². The van der Waals surface area contributed by atoms with Crippen LogP contribution in [0.25, 0.3) is 0 Å². The molecular formula is C36H60O10. The molecule has 10 heteroatoms. The molecule has 46 heavy (non-hydrogen) atoms. The maximum Gasteiger partial charge on any atom is 0.186 e. The maximum atomic E-state index is 11.9. The summed E-state index contributed by atoms with van der Waals surface area (Å²) < 4.78 is 18.9. The molecule has 5 aliphatic carbocycles. The Bertz CT molecular complexity index is 1190. The first-order valence-electron chi connectivity index (χ1n) is 18.0. The van der Waals surface area contributed by atoms with E-state index in [0.717, 1.165) is 57.8 Å². The summed E-state index contributed by atoms with van der Waals surface area (Å²) in [5.74, 6) is 0.562. The fourth-order valence-corrected chi connectivity index (χ4v) is 13.7. The molecule has 264 valence electrons. The van der Waals surface area contributed by atoms with Gasteiger partial charge in [-0.2, -0.15) is 0 Å². The van der Waals surface area contributed by atoms with Crippen molar-refractivity contribution in [2.45, 2.75) is 166 Å². The van der Waals surface area contributed by atoms with Crippen LogP contribution in [-0.2, 0) is 14.2 Å². The van der Waals surface area contributed by atoms with Gasteiger partial charge >= 0.3 is 0 Å². The van der Waals surface area contributed by atoms with Gasteiger partial charge in [-0.05, 0) is 118 Å². The SMILES string of the molecule is CC(C)(O)[C@@H]1CC[C@@](C)([C@H]2[C@@H](O)C[C@@]3(C)[C@@H]4CC[C@H]5C(C)(C)[C@@H](O[C@@H]6O[C@H](CO)[C@@H](O)[C@H](O)[C@H]6O)CC[C@@]56C[C@@]46CC[C@]23CO)O1. The van der Waals surface area contributed by atoms with Gasteiger partial charge in [-0.25, -0.2) is 0 Å². The molecule has 7 aliphatic rings. The van der Waals surface area contributed by atoms with E-state index in [1.54, 1.807) is 13.8 Å². The second kappa shape index (κ2) is 10.6. The molecule has 0 aromatic carbocycles. The zero-order chi connectivity index (χ0) is 33.5. The third-order valence-electron chi connectivity index (χ3n) is 15.9. The van der Waals surface area contributed by atoms with Crippen molar-refractivity contribution in [3.8, 4) is 0 Å². The van der Waals surface area contributed by atoms with Crippen molar-refractivity contribution in [2.24, 2.45) is 44.8 Å². The van der Waals surface area contributed by atoms with E-state index in [-0.39, 0.29) is 46.4 Å². The molecule has 0 unspecified atom stereocenters. The predicted octanol–water partition coefficient (Wildman–Crippen LogP) is 2.26. The van der Waals surface area contributed by atoms with Crippen LogP contribution in [0.3, 0.4) is 0 Å². The monoisotopic (exact) mass is 652 g/mol. The smallest absolute Gasteiger partial charge is 0.186 e. The van der Waals surface area contributed by atoms with Crippen LogP contribution in [0, 0.1) is 44.8 Å². The number of ether oxygens (including phenoxy) is 3. The van der Waals surface area contributed by atoms with Gasteiger partial charge in [0.1, 0.15) is 24.4 Å². The van der Waals surface area contributed by atoms with Crippen molar-refractivity contribution >= 4 is 0 Å². The molecule has 7 rings (SSSR count). The van der Waals surface area contributed by atoms with Crippen LogP contribution in [0.4, 0.5) is 0 Å². The normalized spacial score (nSPS) is 57.7. The Kier molecular flexibility index (Phi) is 7.82. The van der Waals surface area contributed by atoms with E-state index in [4.69, 9.17) is 14.2 Å². The Morgan fingerprint density at radius 3 is 2.11 bits per heavy atom. The topological polar surface area (TPSA) is 169 Å². The zero-order valence-corrected chi connectivity index (χ0v) is 28.7. The molecule has 5 saturated carbocycles. The van der Waals surface area contributed by atoms with Gasteiger partial charge in [0.15, 0.2) is 6.29 Å². The van der Waals surface area contributed by atoms with E-state index < -0.39 is 60.0 Å². The highest BCUT2D eigenvalue weighted by molar-refractivity contribution is 5.32. The molecule has 0 bridgehead atoms. The Morgan fingerprint density at radius 1 is 0.804 bits per heavy atom. The first-order valence-corrected chi connectivity index (χ1v) is 18.0. The van der Waals surface area contributed by atoms with Crippen LogP contribution < -0.4 is 0 Å². The van der Waals surface area contributed by atoms with E-state index >= 15 is 0 Å². The molecule has 0 amide bonds. The summed E-state index contributed by atoms with van der Waals surface area (Å²) in [6.07, 6.45) is 1.45. The van der Waals surface area contributed by atoms with Crippen molar-refractivity contribution in [2.75, 3.05) is 13.2 Å². The van der Waals surface area contributed by atoms with Gasteiger partial charge in [0.05, 0.1) is 36.1 Å². The van der Waals surface area contributed by atoms with Crippen LogP contribution in [0.1, 0.15) is 106 Å². The van der Waals surface area contributed by atoms with Crippen molar-refractivity contribution in [1.29, 1.82) is 0 Å². The Morgan fingerprint density at radius 2 is 1.48 bits per heavy atom. The summed E-state index contributed by atoms with van der Waals surface area (Å²) in [6, 6.07) is 0. The number of hydrogen-bond acceptors (Lipinski definition) is 10. The van der Waals surface area contributed by atoms with Crippen LogP contribution in [-0.4, -0.2) is 109 Å². The van der Waals surface area contributed by atoms with Crippen LogP contribution in [0.5, 0.6) is 0 Å². The summed E-state index contributed by atoms with van der Waals surface area (Å²) in [5.41, 5.74) is -2.22. The molecule has 0 aromatic rings. The predicted molar refractivity (Wildman–Crippen MR) is 167 cm³/mol. The fraction of sp³-hybridized carbons (Fsp3) is 1.00. The standard InChI is InChI=1S/C36H60O10/c1-30(2)21-7-8-22-32(5)15-19(39)28(33(6)11-9-24(46-33)31(3,4)43)36(32,18-38)14-13-35(22)17-34(21,35)12-10-23(30)45-29-27(42)26(41)25(40)20(16-37)44-29/h19-29,37-43H,7-18H2,1-6H3/t19-,20+,21-,22-,23-,24-,25+,26-,27+,28+,29-,32-,33-,34+,35-,36-/m0/s1. The molecular weight excluding hydrogens is 592 g/mol. The zero-order valence-electron chi connectivity index (χ0n) is 28.7. The Labute approximate surface area is 273 Å². The molecule has 2 saturated heterocycles. The molecule has 16 atom stereocenters. The lowest BCUT2D eigenvalue weighted by molar-refractivity contribution is -0.326. The maximum absolute atomic E-state index is 11.9. The number of aliphatic hydroxyl groups is 7. The molecule has 2 aliphatic heterocycles. The number of fused-ring (bicyclic) bond motifs is 2. The van der Waals surface area contributed by atoms with Gasteiger partial charge in [-0.15, -0.1) is 0 Å². The summed E-state index contributed by atoms with van der Waals surface area (Å²) in [7, 11) is 0. The van der Waals surface area contributed by atoms with Gasteiger partial charge in [-0.1, -0.05) is 20.8 Å². The lowest BCUT2D eigenvalue weighted by Gasteiger charge is -2.64. The third kappa shape index (κ3) is 4.24. The van der Waals surface area contributed by atoms with Crippen LogP contribution in [0.15, 0.2) is 0 Å². The first-order chi connectivity index (χ1) is 21.4. The lowest BCUT2D eigenvalue weighted by atomic mass is 9.41. The largest absolute Gasteiger partial charge is 0.396 e. The Hall–Kier alpha value is -0.400. The molecule has 2 spiro atoms. The highest BCUT2D eigenvalue weighted by atomic mass is 16.7. The second-order valence-electron chi connectivity index (χ2n) is 18.4. The van der Waals surface area contributed by atoms with Gasteiger partial charge in [-0.3, -0.25) is 0 Å². The highest BCUT2D eigenvalue weighted by Crippen LogP contribution is 2.89. The summed E-state index contributed by atoms with van der Waals surface area (Å²) in [6.45, 7) is 12.1. The van der Waals surface area contributed by atoms with E-state index in [0.29, 0.717) is 18.3 Å². The van der Waals surface area contributed by atoms with Crippen molar-refractivity contribution < 1.29 is 50.0 Å². The molecule has 7 N–H and O–H groups in total.